The number of nitrogens with zero attached hydrogens (tertiary/aromatic N) is 7. The van der Waals surface area contributed by atoms with Gasteiger partial charge >= 0.3 is 0 Å². The van der Waals surface area contributed by atoms with Crippen LogP contribution >= 0.6 is 0 Å². The molecule has 3 amide bonds. The Morgan fingerprint density at radius 1 is 0.965 bits per heavy atom. The van der Waals surface area contributed by atoms with Crippen molar-refractivity contribution in [3.05, 3.63) is 88.4 Å². The fourth-order valence-corrected chi connectivity index (χ4v) is 8.49. The van der Waals surface area contributed by atoms with Gasteiger partial charge in [0.25, 0.3) is 0 Å². The number of pyridine rings is 1. The minimum atomic E-state index is -0.662. The third kappa shape index (κ3) is 7.41. The molecule has 7 heterocycles. The number of anilines is 5. The van der Waals surface area contributed by atoms with Crippen LogP contribution in [0.15, 0.2) is 48.8 Å². The number of aromatic nitrogens is 3. The first-order valence-corrected chi connectivity index (χ1v) is 19.6. The Hall–Kier alpha value is -5.90. The Bertz CT molecular complexity index is 2240. The molecule has 9 rings (SSSR count). The van der Waals surface area contributed by atoms with E-state index in [-0.39, 0.29) is 30.7 Å². The van der Waals surface area contributed by atoms with Gasteiger partial charge in [0.2, 0.25) is 29.5 Å². The smallest absolute Gasteiger partial charge is 0.237 e. The lowest BCUT2D eigenvalue weighted by Gasteiger charge is -2.49. The highest BCUT2D eigenvalue weighted by Crippen LogP contribution is 2.37. The number of amides is 3. The fraction of sp³-hybridized carbons (Fsp3) is 0.415. The summed E-state index contributed by atoms with van der Waals surface area (Å²) in [5, 5.41) is 8.84. The summed E-state index contributed by atoms with van der Waals surface area (Å²) < 4.78 is 36.1. The zero-order valence-corrected chi connectivity index (χ0v) is 31.7. The third-order valence-corrected chi connectivity index (χ3v) is 11.9. The molecule has 1 unspecified atom stereocenters. The van der Waals surface area contributed by atoms with Gasteiger partial charge in [-0.25, -0.2) is 23.7 Å². The molecule has 0 spiro atoms. The summed E-state index contributed by atoms with van der Waals surface area (Å²) in [7, 11) is 0. The lowest BCUT2D eigenvalue weighted by atomic mass is 9.90. The van der Waals surface area contributed by atoms with E-state index in [0.29, 0.717) is 74.4 Å². The number of carbonyl (C=O) groups is 3. The van der Waals surface area contributed by atoms with E-state index >= 15 is 8.78 Å². The molecule has 296 valence electrons. The Morgan fingerprint density at radius 2 is 1.81 bits per heavy atom. The normalized spacial score (nSPS) is 19.8. The van der Waals surface area contributed by atoms with Crippen molar-refractivity contribution in [3.8, 4) is 5.88 Å². The summed E-state index contributed by atoms with van der Waals surface area (Å²) >= 11 is 0. The van der Waals surface area contributed by atoms with Crippen LogP contribution in [0.4, 0.5) is 37.5 Å². The lowest BCUT2D eigenvalue weighted by Crippen LogP contribution is -2.63. The van der Waals surface area contributed by atoms with Crippen LogP contribution in [0.1, 0.15) is 46.7 Å². The van der Waals surface area contributed by atoms with E-state index in [2.05, 4.69) is 47.5 Å². The van der Waals surface area contributed by atoms with E-state index in [1.807, 2.05) is 18.5 Å². The number of carbonyl (C=O) groups excluding carboxylic acids is 3. The number of piperazine rings is 1. The Morgan fingerprint density at radius 3 is 2.60 bits per heavy atom. The number of rotatable bonds is 8. The summed E-state index contributed by atoms with van der Waals surface area (Å²) in [4.78, 5) is 59.3. The molecule has 5 aliphatic heterocycles. The highest BCUT2D eigenvalue weighted by Gasteiger charge is 2.36. The van der Waals surface area contributed by atoms with Gasteiger partial charge in [0.15, 0.2) is 0 Å². The minimum absolute atomic E-state index is 0.0342. The maximum Gasteiger partial charge on any atom is 0.237 e. The molecule has 3 N–H and O–H groups in total. The predicted octanol–water partition coefficient (Wildman–Crippen LogP) is 3.66. The molecule has 16 heteroatoms. The maximum atomic E-state index is 15.4. The number of fused-ring (bicyclic) bond motifs is 2. The molecule has 0 radical (unpaired) electrons. The first-order chi connectivity index (χ1) is 27.7. The second kappa shape index (κ2) is 15.2. The van der Waals surface area contributed by atoms with Crippen LogP contribution in [0.5, 0.6) is 5.88 Å². The van der Waals surface area contributed by atoms with Gasteiger partial charge in [-0.3, -0.25) is 24.6 Å². The highest BCUT2D eigenvalue weighted by molar-refractivity contribution is 6.01. The van der Waals surface area contributed by atoms with Gasteiger partial charge in [-0.2, -0.15) is 0 Å². The molecular formula is C41H44F2N10O4. The van der Waals surface area contributed by atoms with E-state index in [4.69, 9.17) is 9.72 Å². The molecule has 2 aromatic heterocycles. The summed E-state index contributed by atoms with van der Waals surface area (Å²) in [6.07, 6.45) is 4.93. The van der Waals surface area contributed by atoms with Crippen molar-refractivity contribution in [1.29, 1.82) is 0 Å². The predicted molar refractivity (Wildman–Crippen MR) is 209 cm³/mol. The maximum absolute atomic E-state index is 15.4. The zero-order chi connectivity index (χ0) is 39.2. The number of halogens is 2. The second-order valence-corrected chi connectivity index (χ2v) is 15.4. The molecule has 0 bridgehead atoms. The Kier molecular flexibility index (Phi) is 9.80. The van der Waals surface area contributed by atoms with E-state index < -0.39 is 23.5 Å². The van der Waals surface area contributed by atoms with E-state index in [1.165, 1.54) is 12.1 Å². The van der Waals surface area contributed by atoms with Gasteiger partial charge < -0.3 is 30.1 Å². The van der Waals surface area contributed by atoms with Gasteiger partial charge in [-0.15, -0.1) is 0 Å². The minimum Gasteiger partial charge on any atom is -0.474 e. The number of imide groups is 1. The average molecular weight is 779 g/mol. The van der Waals surface area contributed by atoms with Crippen molar-refractivity contribution in [2.24, 2.45) is 0 Å². The molecule has 4 aromatic rings. The number of nitrogens with one attached hydrogen (secondary N) is 3. The van der Waals surface area contributed by atoms with Crippen molar-refractivity contribution in [1.82, 2.24) is 30.1 Å². The van der Waals surface area contributed by atoms with Crippen LogP contribution in [-0.4, -0.2) is 107 Å². The first-order valence-electron chi connectivity index (χ1n) is 19.6. The Labute approximate surface area is 328 Å². The molecule has 14 nitrogen and oxygen atoms in total. The van der Waals surface area contributed by atoms with Crippen molar-refractivity contribution in [2.45, 2.75) is 51.1 Å². The molecule has 0 aliphatic carbocycles. The second-order valence-electron chi connectivity index (χ2n) is 15.4. The van der Waals surface area contributed by atoms with Crippen molar-refractivity contribution >= 4 is 46.4 Å². The van der Waals surface area contributed by atoms with Gasteiger partial charge in [0, 0.05) is 93.5 Å². The number of hydrogen-bond donors (Lipinski definition) is 3. The van der Waals surface area contributed by atoms with Crippen LogP contribution in [0.25, 0.3) is 0 Å². The van der Waals surface area contributed by atoms with Crippen molar-refractivity contribution < 1.29 is 27.9 Å². The summed E-state index contributed by atoms with van der Waals surface area (Å²) in [5.74, 6) is -1.48. The lowest BCUT2D eigenvalue weighted by molar-refractivity contribution is -0.134. The van der Waals surface area contributed by atoms with E-state index in [1.54, 1.807) is 23.1 Å². The number of ether oxygens (including phenoxy) is 1. The van der Waals surface area contributed by atoms with Crippen LogP contribution in [0.2, 0.25) is 0 Å². The average Bonchev–Trinajstić information content (AvgIpc) is 3.19. The van der Waals surface area contributed by atoms with Crippen LogP contribution in [0.3, 0.4) is 0 Å². The van der Waals surface area contributed by atoms with Crippen LogP contribution in [-0.2, 0) is 33.8 Å². The zero-order valence-electron chi connectivity index (χ0n) is 31.7. The largest absolute Gasteiger partial charge is 0.474 e. The van der Waals surface area contributed by atoms with Gasteiger partial charge in [-0.1, -0.05) is 12.1 Å². The quantitative estimate of drug-likeness (QED) is 0.224. The van der Waals surface area contributed by atoms with Crippen LogP contribution < -0.4 is 30.5 Å². The molecule has 0 saturated carbocycles. The molecule has 3 fully saturated rings. The van der Waals surface area contributed by atoms with Crippen LogP contribution in [0, 0.1) is 18.6 Å². The molecule has 1 atom stereocenters. The third-order valence-electron chi connectivity index (χ3n) is 11.9. The van der Waals surface area contributed by atoms with Gasteiger partial charge in [-0.05, 0) is 55.2 Å². The van der Waals surface area contributed by atoms with E-state index in [9.17, 15) is 14.4 Å². The number of benzene rings is 2. The van der Waals surface area contributed by atoms with Gasteiger partial charge in [0.05, 0.1) is 36.5 Å². The van der Waals surface area contributed by atoms with Gasteiger partial charge in [0.1, 0.15) is 23.9 Å². The Balaban J connectivity index is 0.752. The molecule has 3 saturated heterocycles. The molecule has 5 aliphatic rings. The monoisotopic (exact) mass is 778 g/mol. The summed E-state index contributed by atoms with van der Waals surface area (Å²) in [5.41, 5.74) is 6.89. The SMILES string of the molecule is Cc1c(N2CCc3cnc(Nc4ccc(CC(=O)N5CCN(C6CN(c7ccc(C8CCC(=O)NC8=O)c(F)c7)C6)CC5)c(F)c4)nc3C2)cnc2c1NCCO2. The molecular weight excluding hydrogens is 735 g/mol. The number of hydrogen-bond acceptors (Lipinski definition) is 12. The molecule has 57 heavy (non-hydrogen) atoms. The number of piperidine rings is 1. The van der Waals surface area contributed by atoms with Crippen molar-refractivity contribution in [3.63, 3.8) is 0 Å². The molecule has 2 aromatic carbocycles. The first kappa shape index (κ1) is 36.7. The highest BCUT2D eigenvalue weighted by atomic mass is 19.1. The summed E-state index contributed by atoms with van der Waals surface area (Å²) in [6.45, 7) is 8.75. The topological polar surface area (TPSA) is 148 Å². The fourth-order valence-electron chi connectivity index (χ4n) is 8.49. The van der Waals surface area contributed by atoms with E-state index in [0.717, 1.165) is 66.5 Å². The standard InChI is InChI=1S/C41H44F2N10O4/c1-24-35(20-45-40-38(24)44-9-15-57-40)52-10-8-26-19-46-41(48-34(26)23-52)47-27-3-2-25(32(42)17-27)16-37(55)51-13-11-50(12-14-51)29-21-53(22-29)28-4-5-30(33(43)18-28)31-6-7-36(54)49-39(31)56/h2-5,17-20,29,31,44H,6-16,21-23H2,1H3,(H,46,47,48)(H,49,54,56). The van der Waals surface area contributed by atoms with Crippen molar-refractivity contribution in [2.75, 3.05) is 79.4 Å². The summed E-state index contributed by atoms with van der Waals surface area (Å²) in [6, 6.07) is 9.98.